The number of aliphatic hydroxyl groups is 1. The Kier molecular flexibility index (Phi) is 4.11. The molecule has 6 heteroatoms. The van der Waals surface area contributed by atoms with Crippen molar-refractivity contribution in [3.63, 3.8) is 0 Å². The molecule has 1 unspecified atom stereocenters. The van der Waals surface area contributed by atoms with Crippen LogP contribution in [0.2, 0.25) is 0 Å². The van der Waals surface area contributed by atoms with Gasteiger partial charge in [-0.05, 0) is 24.5 Å². The first-order chi connectivity index (χ1) is 8.69. The van der Waals surface area contributed by atoms with Crippen LogP contribution in [0.3, 0.4) is 0 Å². The standard InChI is InChI=1S/C12H14N2O3S/c1-18-9-4-2-3-8(5-9)13-6-10(15)11-7-14-12(16)17-11/h2-5,7,10,13,15H,6H2,1H3,(H,14,16). The van der Waals surface area contributed by atoms with E-state index in [0.717, 1.165) is 10.6 Å². The molecule has 0 bridgehead atoms. The first-order valence-electron chi connectivity index (χ1n) is 5.43. The Labute approximate surface area is 108 Å². The molecule has 0 amide bonds. The molecule has 0 aliphatic carbocycles. The van der Waals surface area contributed by atoms with Crippen molar-refractivity contribution in [3.8, 4) is 0 Å². The number of rotatable bonds is 5. The number of thioether (sulfide) groups is 1. The monoisotopic (exact) mass is 266 g/mol. The average molecular weight is 266 g/mol. The summed E-state index contributed by atoms with van der Waals surface area (Å²) in [4.78, 5) is 14.3. The summed E-state index contributed by atoms with van der Waals surface area (Å²) in [5.74, 6) is -0.332. The summed E-state index contributed by atoms with van der Waals surface area (Å²) >= 11 is 1.65. The number of aromatic amines is 1. The molecule has 96 valence electrons. The number of aromatic nitrogens is 1. The van der Waals surface area contributed by atoms with Crippen molar-refractivity contribution in [2.75, 3.05) is 18.1 Å². The second-order valence-electron chi connectivity index (χ2n) is 3.71. The minimum atomic E-state index is -0.859. The van der Waals surface area contributed by atoms with Crippen molar-refractivity contribution in [2.24, 2.45) is 0 Å². The van der Waals surface area contributed by atoms with Crippen LogP contribution in [0.15, 0.2) is 44.6 Å². The van der Waals surface area contributed by atoms with Gasteiger partial charge in [0.05, 0.1) is 0 Å². The molecule has 1 aromatic carbocycles. The number of benzene rings is 1. The smallest absolute Gasteiger partial charge is 0.410 e. The number of hydrogen-bond acceptors (Lipinski definition) is 5. The third-order valence-electron chi connectivity index (χ3n) is 2.44. The zero-order chi connectivity index (χ0) is 13.0. The molecule has 3 N–H and O–H groups in total. The molecule has 0 radical (unpaired) electrons. The lowest BCUT2D eigenvalue weighted by atomic mass is 10.2. The minimum Gasteiger partial charge on any atom is -0.410 e. The number of H-pyrrole nitrogens is 1. The van der Waals surface area contributed by atoms with Crippen LogP contribution in [-0.4, -0.2) is 22.9 Å². The van der Waals surface area contributed by atoms with Gasteiger partial charge in [-0.15, -0.1) is 11.8 Å². The van der Waals surface area contributed by atoms with E-state index >= 15 is 0 Å². The topological polar surface area (TPSA) is 78.3 Å². The third-order valence-corrected chi connectivity index (χ3v) is 3.17. The van der Waals surface area contributed by atoms with E-state index in [-0.39, 0.29) is 12.3 Å². The second kappa shape index (κ2) is 5.79. The van der Waals surface area contributed by atoms with E-state index in [1.165, 1.54) is 6.20 Å². The van der Waals surface area contributed by atoms with Crippen LogP contribution in [-0.2, 0) is 0 Å². The molecule has 5 nitrogen and oxygen atoms in total. The lowest BCUT2D eigenvalue weighted by Crippen LogP contribution is -2.11. The zero-order valence-corrected chi connectivity index (χ0v) is 10.7. The van der Waals surface area contributed by atoms with Crippen molar-refractivity contribution < 1.29 is 9.52 Å². The Bertz CT molecular complexity index is 564. The normalized spacial score (nSPS) is 12.3. The number of nitrogens with one attached hydrogen (secondary N) is 2. The molecule has 0 fully saturated rings. The van der Waals surface area contributed by atoms with E-state index in [1.54, 1.807) is 11.8 Å². The van der Waals surface area contributed by atoms with E-state index in [4.69, 9.17) is 4.42 Å². The quantitative estimate of drug-likeness (QED) is 0.720. The molecule has 2 rings (SSSR count). The van der Waals surface area contributed by atoms with Gasteiger partial charge in [-0.2, -0.15) is 0 Å². The van der Waals surface area contributed by atoms with Gasteiger partial charge in [0.15, 0.2) is 5.76 Å². The zero-order valence-electron chi connectivity index (χ0n) is 9.84. The third kappa shape index (κ3) is 3.18. The molecule has 18 heavy (non-hydrogen) atoms. The molecule has 0 saturated carbocycles. The van der Waals surface area contributed by atoms with Crippen LogP contribution in [0, 0.1) is 0 Å². The molecule has 0 aliphatic rings. The molecule has 1 heterocycles. The maximum absolute atomic E-state index is 10.8. The van der Waals surface area contributed by atoms with E-state index < -0.39 is 11.9 Å². The van der Waals surface area contributed by atoms with Gasteiger partial charge in [0.25, 0.3) is 0 Å². The van der Waals surface area contributed by atoms with Gasteiger partial charge in [-0.3, -0.25) is 4.98 Å². The lowest BCUT2D eigenvalue weighted by Gasteiger charge is -2.10. The van der Waals surface area contributed by atoms with Crippen LogP contribution in [0.4, 0.5) is 5.69 Å². The summed E-state index contributed by atoms with van der Waals surface area (Å²) in [5, 5.41) is 12.9. The molecular formula is C12H14N2O3S. The van der Waals surface area contributed by atoms with Gasteiger partial charge in [0, 0.05) is 23.3 Å². The van der Waals surface area contributed by atoms with Crippen molar-refractivity contribution in [3.05, 3.63) is 46.8 Å². The van der Waals surface area contributed by atoms with Crippen LogP contribution in [0.1, 0.15) is 11.9 Å². The summed E-state index contributed by atoms with van der Waals surface area (Å²) in [5.41, 5.74) is 0.916. The Morgan fingerprint density at radius 1 is 1.56 bits per heavy atom. The fourth-order valence-electron chi connectivity index (χ4n) is 1.51. The van der Waals surface area contributed by atoms with Crippen LogP contribution in [0.5, 0.6) is 0 Å². The molecule has 0 aliphatic heterocycles. The van der Waals surface area contributed by atoms with Gasteiger partial charge in [0.2, 0.25) is 0 Å². The van der Waals surface area contributed by atoms with Crippen molar-refractivity contribution >= 4 is 17.4 Å². The first kappa shape index (κ1) is 12.8. The van der Waals surface area contributed by atoms with Gasteiger partial charge in [-0.25, -0.2) is 4.79 Å². The minimum absolute atomic E-state index is 0.230. The number of anilines is 1. The maximum Gasteiger partial charge on any atom is 0.416 e. The Morgan fingerprint density at radius 3 is 3.06 bits per heavy atom. The van der Waals surface area contributed by atoms with Gasteiger partial charge in [-0.1, -0.05) is 6.07 Å². The fourth-order valence-corrected chi connectivity index (χ4v) is 1.97. The highest BCUT2D eigenvalue weighted by molar-refractivity contribution is 7.98. The molecule has 1 atom stereocenters. The second-order valence-corrected chi connectivity index (χ2v) is 4.59. The summed E-state index contributed by atoms with van der Waals surface area (Å²) in [6, 6.07) is 7.86. The van der Waals surface area contributed by atoms with Crippen molar-refractivity contribution in [1.82, 2.24) is 4.98 Å². The highest BCUT2D eigenvalue weighted by Crippen LogP contribution is 2.19. The highest BCUT2D eigenvalue weighted by Gasteiger charge is 2.11. The molecule has 0 spiro atoms. The Hall–Kier alpha value is -1.66. The van der Waals surface area contributed by atoms with Gasteiger partial charge in [0.1, 0.15) is 6.10 Å². The maximum atomic E-state index is 10.8. The Balaban J connectivity index is 1.96. The largest absolute Gasteiger partial charge is 0.416 e. The van der Waals surface area contributed by atoms with Crippen LogP contribution >= 0.6 is 11.8 Å². The Morgan fingerprint density at radius 2 is 2.39 bits per heavy atom. The highest BCUT2D eigenvalue weighted by atomic mass is 32.2. The number of hydrogen-bond donors (Lipinski definition) is 3. The first-order valence-corrected chi connectivity index (χ1v) is 6.66. The number of oxazole rings is 1. The van der Waals surface area contributed by atoms with Crippen molar-refractivity contribution in [2.45, 2.75) is 11.0 Å². The predicted octanol–water partition coefficient (Wildman–Crippen LogP) is 1.84. The molecular weight excluding hydrogens is 252 g/mol. The SMILES string of the molecule is CSc1cccc(NCC(O)c2c[nH]c(=O)o2)c1. The van der Waals surface area contributed by atoms with E-state index in [1.807, 2.05) is 30.5 Å². The summed E-state index contributed by atoms with van der Waals surface area (Å²) in [6.07, 6.45) is 2.51. The summed E-state index contributed by atoms with van der Waals surface area (Å²) in [6.45, 7) is 0.276. The number of aliphatic hydroxyl groups excluding tert-OH is 1. The van der Waals surface area contributed by atoms with Crippen LogP contribution in [0.25, 0.3) is 0 Å². The molecule has 1 aromatic heterocycles. The van der Waals surface area contributed by atoms with Gasteiger partial charge >= 0.3 is 5.76 Å². The van der Waals surface area contributed by atoms with Crippen molar-refractivity contribution in [1.29, 1.82) is 0 Å². The van der Waals surface area contributed by atoms with Crippen LogP contribution < -0.4 is 11.1 Å². The summed E-state index contributed by atoms with van der Waals surface area (Å²) < 4.78 is 4.77. The molecule has 2 aromatic rings. The summed E-state index contributed by atoms with van der Waals surface area (Å²) in [7, 11) is 0. The van der Waals surface area contributed by atoms with E-state index in [9.17, 15) is 9.90 Å². The fraction of sp³-hybridized carbons (Fsp3) is 0.250. The predicted molar refractivity (Wildman–Crippen MR) is 71.0 cm³/mol. The molecule has 0 saturated heterocycles. The average Bonchev–Trinajstić information content (AvgIpc) is 2.83. The van der Waals surface area contributed by atoms with Gasteiger partial charge < -0.3 is 14.8 Å². The van der Waals surface area contributed by atoms with E-state index in [0.29, 0.717) is 0 Å². The lowest BCUT2D eigenvalue weighted by molar-refractivity contribution is 0.160. The van der Waals surface area contributed by atoms with E-state index in [2.05, 4.69) is 10.3 Å².